The number of benzene rings is 2. The van der Waals surface area contributed by atoms with E-state index in [-0.39, 0.29) is 24.9 Å². The number of rotatable bonds is 5. The molecule has 25 heavy (non-hydrogen) atoms. The van der Waals surface area contributed by atoms with Crippen LogP contribution < -0.4 is 10.6 Å². The number of carbonyl (C=O) groups is 2. The van der Waals surface area contributed by atoms with Crippen molar-refractivity contribution in [3.8, 4) is 0 Å². The van der Waals surface area contributed by atoms with Gasteiger partial charge in [-0.15, -0.1) is 5.10 Å². The Labute approximate surface area is 145 Å². The topological polar surface area (TPSA) is 88.9 Å². The molecule has 2 amide bonds. The maximum absolute atomic E-state index is 12.1. The first-order valence-electron chi connectivity index (χ1n) is 7.95. The van der Waals surface area contributed by atoms with Gasteiger partial charge in [0.1, 0.15) is 12.1 Å². The highest BCUT2D eigenvalue weighted by Crippen LogP contribution is 2.17. The van der Waals surface area contributed by atoms with Crippen LogP contribution in [0.1, 0.15) is 11.1 Å². The molecule has 0 aliphatic heterocycles. The summed E-state index contributed by atoms with van der Waals surface area (Å²) in [6.45, 7) is 3.84. The van der Waals surface area contributed by atoms with Gasteiger partial charge in [-0.2, -0.15) is 0 Å². The second-order valence-corrected chi connectivity index (χ2v) is 5.81. The standard InChI is InChI=1S/C18H19N5O2/c1-12-6-5-8-14(13(12)2)20-17(24)10-19-18(25)11-23-16-9-4-3-7-15(16)21-22-23/h3-9H,10-11H2,1-2H3,(H,19,25)(H,20,24). The number of nitrogens with zero attached hydrogens (tertiary/aromatic N) is 3. The van der Waals surface area contributed by atoms with E-state index >= 15 is 0 Å². The molecular formula is C18H19N5O2. The maximum Gasteiger partial charge on any atom is 0.243 e. The highest BCUT2D eigenvalue weighted by Gasteiger charge is 2.11. The van der Waals surface area contributed by atoms with Crippen LogP contribution in [0.5, 0.6) is 0 Å². The zero-order valence-electron chi connectivity index (χ0n) is 14.1. The van der Waals surface area contributed by atoms with Gasteiger partial charge in [-0.05, 0) is 43.2 Å². The number of aryl methyl sites for hydroxylation is 1. The van der Waals surface area contributed by atoms with Crippen molar-refractivity contribution in [2.24, 2.45) is 0 Å². The van der Waals surface area contributed by atoms with Gasteiger partial charge in [0.25, 0.3) is 0 Å². The van der Waals surface area contributed by atoms with E-state index in [0.717, 1.165) is 27.8 Å². The summed E-state index contributed by atoms with van der Waals surface area (Å²) >= 11 is 0. The molecule has 0 saturated heterocycles. The largest absolute Gasteiger partial charge is 0.345 e. The third-order valence-corrected chi connectivity index (χ3v) is 4.04. The van der Waals surface area contributed by atoms with E-state index in [1.807, 2.05) is 56.3 Å². The van der Waals surface area contributed by atoms with Crippen LogP contribution >= 0.6 is 0 Å². The van der Waals surface area contributed by atoms with Crippen molar-refractivity contribution in [1.29, 1.82) is 0 Å². The van der Waals surface area contributed by atoms with Gasteiger partial charge in [0, 0.05) is 5.69 Å². The molecule has 7 heteroatoms. The fraction of sp³-hybridized carbons (Fsp3) is 0.222. The normalized spacial score (nSPS) is 10.6. The van der Waals surface area contributed by atoms with Crippen molar-refractivity contribution in [2.75, 3.05) is 11.9 Å². The average Bonchev–Trinajstić information content (AvgIpc) is 3.00. The van der Waals surface area contributed by atoms with Gasteiger partial charge in [-0.25, -0.2) is 4.68 Å². The van der Waals surface area contributed by atoms with Crippen molar-refractivity contribution in [3.63, 3.8) is 0 Å². The lowest BCUT2D eigenvalue weighted by Crippen LogP contribution is -2.35. The second kappa shape index (κ2) is 7.12. The monoisotopic (exact) mass is 337 g/mol. The molecule has 0 saturated carbocycles. The number of hydrogen-bond acceptors (Lipinski definition) is 4. The number of nitrogens with one attached hydrogen (secondary N) is 2. The Bertz CT molecular complexity index is 932. The van der Waals surface area contributed by atoms with Gasteiger partial charge in [-0.1, -0.05) is 29.5 Å². The van der Waals surface area contributed by atoms with E-state index in [4.69, 9.17) is 0 Å². The molecule has 2 N–H and O–H groups in total. The van der Waals surface area contributed by atoms with E-state index in [1.54, 1.807) is 0 Å². The summed E-state index contributed by atoms with van der Waals surface area (Å²) in [6, 6.07) is 13.1. The predicted molar refractivity (Wildman–Crippen MR) is 95.1 cm³/mol. The Hall–Kier alpha value is -3.22. The molecule has 0 aliphatic rings. The number of anilines is 1. The Balaban J connectivity index is 1.55. The van der Waals surface area contributed by atoms with Crippen LogP contribution in [0, 0.1) is 13.8 Å². The Morgan fingerprint density at radius 1 is 1.04 bits per heavy atom. The van der Waals surface area contributed by atoms with Crippen molar-refractivity contribution in [1.82, 2.24) is 20.3 Å². The predicted octanol–water partition coefficient (Wildman–Crippen LogP) is 1.80. The summed E-state index contributed by atoms with van der Waals surface area (Å²) < 4.78 is 1.51. The smallest absolute Gasteiger partial charge is 0.243 e. The molecule has 0 fully saturated rings. The minimum atomic E-state index is -0.299. The molecule has 0 unspecified atom stereocenters. The molecule has 128 valence electrons. The first-order chi connectivity index (χ1) is 12.0. The Morgan fingerprint density at radius 3 is 2.68 bits per heavy atom. The Morgan fingerprint density at radius 2 is 1.84 bits per heavy atom. The van der Waals surface area contributed by atoms with Crippen LogP contribution in [-0.2, 0) is 16.1 Å². The molecule has 0 bridgehead atoms. The third kappa shape index (κ3) is 3.82. The SMILES string of the molecule is Cc1cccc(NC(=O)CNC(=O)Cn2nnc3ccccc32)c1C. The van der Waals surface area contributed by atoms with Gasteiger partial charge in [0.05, 0.1) is 12.1 Å². The lowest BCUT2D eigenvalue weighted by Gasteiger charge is -2.11. The number of fused-ring (bicyclic) bond motifs is 1. The molecule has 3 aromatic rings. The summed E-state index contributed by atoms with van der Waals surface area (Å²) in [5.41, 5.74) is 4.36. The van der Waals surface area contributed by atoms with Crippen molar-refractivity contribution < 1.29 is 9.59 Å². The van der Waals surface area contributed by atoms with E-state index in [9.17, 15) is 9.59 Å². The second-order valence-electron chi connectivity index (χ2n) is 5.81. The zero-order valence-corrected chi connectivity index (χ0v) is 14.1. The lowest BCUT2D eigenvalue weighted by molar-refractivity contribution is -0.124. The number of aromatic nitrogens is 3. The molecule has 0 spiro atoms. The third-order valence-electron chi connectivity index (χ3n) is 4.04. The first kappa shape index (κ1) is 16.6. The number of amides is 2. The van der Waals surface area contributed by atoms with E-state index < -0.39 is 0 Å². The molecule has 7 nitrogen and oxygen atoms in total. The summed E-state index contributed by atoms with van der Waals surface area (Å²) in [7, 11) is 0. The summed E-state index contributed by atoms with van der Waals surface area (Å²) in [6.07, 6.45) is 0. The molecule has 1 aromatic heterocycles. The quantitative estimate of drug-likeness (QED) is 0.743. The van der Waals surface area contributed by atoms with Gasteiger partial charge in [-0.3, -0.25) is 9.59 Å². The molecule has 2 aromatic carbocycles. The highest BCUT2D eigenvalue weighted by molar-refractivity contribution is 5.95. The number of hydrogen-bond donors (Lipinski definition) is 2. The van der Waals surface area contributed by atoms with Crippen molar-refractivity contribution in [3.05, 3.63) is 53.6 Å². The zero-order chi connectivity index (χ0) is 17.8. The van der Waals surface area contributed by atoms with E-state index in [1.165, 1.54) is 4.68 Å². The minimum Gasteiger partial charge on any atom is -0.345 e. The van der Waals surface area contributed by atoms with Crippen LogP contribution in [0.25, 0.3) is 11.0 Å². The minimum absolute atomic E-state index is 0.0112. The molecule has 3 rings (SSSR count). The van der Waals surface area contributed by atoms with Gasteiger partial charge >= 0.3 is 0 Å². The van der Waals surface area contributed by atoms with E-state index in [2.05, 4.69) is 20.9 Å². The molecule has 0 atom stereocenters. The van der Waals surface area contributed by atoms with Crippen LogP contribution in [0.4, 0.5) is 5.69 Å². The molecule has 0 aliphatic carbocycles. The van der Waals surface area contributed by atoms with Crippen LogP contribution in [-0.4, -0.2) is 33.4 Å². The van der Waals surface area contributed by atoms with Crippen LogP contribution in [0.15, 0.2) is 42.5 Å². The highest BCUT2D eigenvalue weighted by atomic mass is 16.2. The fourth-order valence-corrected chi connectivity index (χ4v) is 2.49. The average molecular weight is 337 g/mol. The van der Waals surface area contributed by atoms with E-state index in [0.29, 0.717) is 0 Å². The van der Waals surface area contributed by atoms with Crippen LogP contribution in [0.2, 0.25) is 0 Å². The number of para-hydroxylation sites is 1. The van der Waals surface area contributed by atoms with Crippen LogP contribution in [0.3, 0.4) is 0 Å². The Kier molecular flexibility index (Phi) is 4.74. The van der Waals surface area contributed by atoms with Gasteiger partial charge in [0.2, 0.25) is 11.8 Å². The maximum atomic E-state index is 12.1. The fourth-order valence-electron chi connectivity index (χ4n) is 2.49. The van der Waals surface area contributed by atoms with Gasteiger partial charge < -0.3 is 10.6 Å². The number of carbonyl (C=O) groups excluding carboxylic acids is 2. The molecule has 0 radical (unpaired) electrons. The molecule has 1 heterocycles. The van der Waals surface area contributed by atoms with Crippen molar-refractivity contribution in [2.45, 2.75) is 20.4 Å². The van der Waals surface area contributed by atoms with Crippen molar-refractivity contribution >= 4 is 28.5 Å². The summed E-state index contributed by atoms with van der Waals surface area (Å²) in [5, 5.41) is 13.4. The summed E-state index contributed by atoms with van der Waals surface area (Å²) in [5.74, 6) is -0.572. The summed E-state index contributed by atoms with van der Waals surface area (Å²) in [4.78, 5) is 24.1. The van der Waals surface area contributed by atoms with Gasteiger partial charge in [0.15, 0.2) is 0 Å². The lowest BCUT2D eigenvalue weighted by atomic mass is 10.1. The molecular weight excluding hydrogens is 318 g/mol. The first-order valence-corrected chi connectivity index (χ1v) is 7.95.